The Hall–Kier alpha value is -1.40. The fourth-order valence-corrected chi connectivity index (χ4v) is 3.91. The molecule has 1 aromatic carbocycles. The Labute approximate surface area is 132 Å². The molecule has 1 atom stereocenters. The van der Waals surface area contributed by atoms with Crippen molar-refractivity contribution in [2.75, 3.05) is 12.3 Å². The first-order chi connectivity index (χ1) is 10.5. The van der Waals surface area contributed by atoms with Crippen molar-refractivity contribution in [2.24, 2.45) is 0 Å². The van der Waals surface area contributed by atoms with E-state index in [-0.39, 0.29) is 18.2 Å². The summed E-state index contributed by atoms with van der Waals surface area (Å²) in [5.74, 6) is -0.187. The summed E-state index contributed by atoms with van der Waals surface area (Å²) in [5.41, 5.74) is 2.04. The Morgan fingerprint density at radius 1 is 1.27 bits per heavy atom. The van der Waals surface area contributed by atoms with Crippen molar-refractivity contribution in [1.82, 2.24) is 9.62 Å². The highest BCUT2D eigenvalue weighted by molar-refractivity contribution is 7.89. The van der Waals surface area contributed by atoms with Crippen LogP contribution in [0.4, 0.5) is 0 Å². The Kier molecular flexibility index (Phi) is 5.58. The van der Waals surface area contributed by atoms with Gasteiger partial charge in [-0.2, -0.15) is 4.31 Å². The van der Waals surface area contributed by atoms with Crippen LogP contribution in [0.2, 0.25) is 0 Å². The van der Waals surface area contributed by atoms with E-state index in [2.05, 4.69) is 12.2 Å². The highest BCUT2D eigenvalue weighted by atomic mass is 32.2. The van der Waals surface area contributed by atoms with Gasteiger partial charge >= 0.3 is 0 Å². The molecule has 1 amide bonds. The minimum absolute atomic E-state index is 0.00784. The van der Waals surface area contributed by atoms with E-state index in [4.69, 9.17) is 0 Å². The van der Waals surface area contributed by atoms with Gasteiger partial charge in [0, 0.05) is 13.1 Å². The van der Waals surface area contributed by atoms with Gasteiger partial charge in [-0.15, -0.1) is 0 Å². The maximum atomic E-state index is 12.4. The minimum atomic E-state index is -3.42. The van der Waals surface area contributed by atoms with Crippen LogP contribution in [0, 0.1) is 0 Å². The number of sulfonamides is 1. The van der Waals surface area contributed by atoms with Crippen molar-refractivity contribution in [1.29, 1.82) is 0 Å². The Bertz CT molecular complexity index is 628. The molecule has 0 saturated carbocycles. The fraction of sp³-hybridized carbons (Fsp3) is 0.562. The normalized spacial score (nSPS) is 18.7. The first kappa shape index (κ1) is 17.0. The SMILES string of the molecule is CCCCNC(=O)C1Cc2ccccc2CN1S(=O)(=O)CC. The number of hydrogen-bond donors (Lipinski definition) is 1. The number of fused-ring (bicyclic) bond motifs is 1. The number of nitrogens with one attached hydrogen (secondary N) is 1. The van der Waals surface area contributed by atoms with Crippen LogP contribution in [0.1, 0.15) is 37.8 Å². The second-order valence-corrected chi connectivity index (χ2v) is 7.79. The van der Waals surface area contributed by atoms with Crippen molar-refractivity contribution < 1.29 is 13.2 Å². The number of carbonyl (C=O) groups is 1. The van der Waals surface area contributed by atoms with E-state index in [1.165, 1.54) is 4.31 Å². The van der Waals surface area contributed by atoms with Crippen LogP contribution >= 0.6 is 0 Å². The highest BCUT2D eigenvalue weighted by Gasteiger charge is 2.37. The molecule has 1 aliphatic rings. The van der Waals surface area contributed by atoms with Crippen LogP contribution in [0.5, 0.6) is 0 Å². The van der Waals surface area contributed by atoms with Crippen molar-refractivity contribution in [3.63, 3.8) is 0 Å². The zero-order valence-corrected chi connectivity index (χ0v) is 14.0. The maximum Gasteiger partial charge on any atom is 0.238 e. The Morgan fingerprint density at radius 2 is 1.95 bits per heavy atom. The maximum absolute atomic E-state index is 12.4. The fourth-order valence-electron chi connectivity index (χ4n) is 2.69. The first-order valence-corrected chi connectivity index (χ1v) is 9.44. The predicted octanol–water partition coefficient (Wildman–Crippen LogP) is 1.68. The van der Waals surface area contributed by atoms with Gasteiger partial charge in [0.05, 0.1) is 5.75 Å². The first-order valence-electron chi connectivity index (χ1n) is 7.83. The lowest BCUT2D eigenvalue weighted by Crippen LogP contribution is -2.53. The summed E-state index contributed by atoms with van der Waals surface area (Å²) in [7, 11) is -3.42. The number of benzene rings is 1. The average molecular weight is 324 g/mol. The second kappa shape index (κ2) is 7.24. The standard InChI is InChI=1S/C16H24N2O3S/c1-3-5-10-17-16(19)15-11-13-8-6-7-9-14(13)12-18(15)22(20,21)4-2/h6-9,15H,3-5,10-12H2,1-2H3,(H,17,19). The summed E-state index contributed by atoms with van der Waals surface area (Å²) >= 11 is 0. The van der Waals surface area contributed by atoms with Gasteiger partial charge in [0.25, 0.3) is 0 Å². The van der Waals surface area contributed by atoms with Crippen LogP contribution in [0.15, 0.2) is 24.3 Å². The van der Waals surface area contributed by atoms with Gasteiger partial charge in [-0.25, -0.2) is 8.42 Å². The third-order valence-corrected chi connectivity index (χ3v) is 5.89. The highest BCUT2D eigenvalue weighted by Crippen LogP contribution is 2.26. The smallest absolute Gasteiger partial charge is 0.238 e. The van der Waals surface area contributed by atoms with Gasteiger partial charge in [0.15, 0.2) is 0 Å². The summed E-state index contributed by atoms with van der Waals surface area (Å²) in [6.45, 7) is 4.53. The van der Waals surface area contributed by atoms with Crippen molar-refractivity contribution in [2.45, 2.75) is 45.7 Å². The molecule has 22 heavy (non-hydrogen) atoms. The van der Waals surface area contributed by atoms with Gasteiger partial charge in [0.2, 0.25) is 15.9 Å². The number of unbranched alkanes of at least 4 members (excludes halogenated alkanes) is 1. The topological polar surface area (TPSA) is 66.5 Å². The summed E-state index contributed by atoms with van der Waals surface area (Å²) < 4.78 is 26.1. The molecule has 1 aliphatic heterocycles. The molecule has 0 spiro atoms. The predicted molar refractivity (Wildman–Crippen MR) is 86.9 cm³/mol. The summed E-state index contributed by atoms with van der Waals surface area (Å²) in [4.78, 5) is 12.4. The van der Waals surface area contributed by atoms with E-state index in [9.17, 15) is 13.2 Å². The number of rotatable bonds is 6. The molecule has 6 heteroatoms. The molecule has 1 aromatic rings. The van der Waals surface area contributed by atoms with Crippen LogP contribution in [0.25, 0.3) is 0 Å². The molecular weight excluding hydrogens is 300 g/mol. The van der Waals surface area contributed by atoms with E-state index in [1.807, 2.05) is 24.3 Å². The van der Waals surface area contributed by atoms with Gasteiger partial charge < -0.3 is 5.32 Å². The van der Waals surface area contributed by atoms with Crippen molar-refractivity contribution >= 4 is 15.9 Å². The second-order valence-electron chi connectivity index (χ2n) is 5.58. The van der Waals surface area contributed by atoms with Gasteiger partial charge in [-0.1, -0.05) is 37.6 Å². The summed E-state index contributed by atoms with van der Waals surface area (Å²) in [6.07, 6.45) is 2.33. The van der Waals surface area contributed by atoms with Crippen LogP contribution in [-0.4, -0.2) is 37.0 Å². The molecule has 5 nitrogen and oxygen atoms in total. The number of carbonyl (C=O) groups excluding carboxylic acids is 1. The lowest BCUT2D eigenvalue weighted by molar-refractivity contribution is -0.125. The zero-order valence-electron chi connectivity index (χ0n) is 13.2. The Balaban J connectivity index is 2.26. The summed E-state index contributed by atoms with van der Waals surface area (Å²) in [5, 5.41) is 2.87. The molecule has 1 heterocycles. The van der Waals surface area contributed by atoms with Crippen molar-refractivity contribution in [3.8, 4) is 0 Å². The molecular formula is C16H24N2O3S. The molecule has 0 aromatic heterocycles. The van der Waals surface area contributed by atoms with Crippen LogP contribution < -0.4 is 5.32 Å². The third kappa shape index (κ3) is 3.67. The number of hydrogen-bond acceptors (Lipinski definition) is 3. The summed E-state index contributed by atoms with van der Waals surface area (Å²) in [6, 6.07) is 7.08. The number of amides is 1. The molecule has 2 rings (SSSR count). The van der Waals surface area contributed by atoms with Crippen LogP contribution in [0.3, 0.4) is 0 Å². The Morgan fingerprint density at radius 3 is 2.59 bits per heavy atom. The molecule has 0 bridgehead atoms. The van der Waals surface area contributed by atoms with Gasteiger partial charge in [0.1, 0.15) is 6.04 Å². The van der Waals surface area contributed by atoms with E-state index >= 15 is 0 Å². The van der Waals surface area contributed by atoms with E-state index in [1.54, 1.807) is 6.92 Å². The molecule has 0 fully saturated rings. The number of nitrogens with zero attached hydrogens (tertiary/aromatic N) is 1. The van der Waals surface area contributed by atoms with E-state index < -0.39 is 16.1 Å². The third-order valence-electron chi connectivity index (χ3n) is 4.06. The molecule has 0 radical (unpaired) electrons. The lowest BCUT2D eigenvalue weighted by Gasteiger charge is -2.34. The minimum Gasteiger partial charge on any atom is -0.355 e. The molecule has 122 valence electrons. The quantitative estimate of drug-likeness (QED) is 0.810. The molecule has 0 saturated heterocycles. The lowest BCUT2D eigenvalue weighted by atomic mass is 9.95. The van der Waals surface area contributed by atoms with Crippen LogP contribution in [-0.2, 0) is 27.8 Å². The monoisotopic (exact) mass is 324 g/mol. The van der Waals surface area contributed by atoms with E-state index in [0.29, 0.717) is 13.0 Å². The zero-order chi connectivity index (χ0) is 16.2. The molecule has 1 N–H and O–H groups in total. The van der Waals surface area contributed by atoms with Gasteiger partial charge in [-0.3, -0.25) is 4.79 Å². The van der Waals surface area contributed by atoms with Gasteiger partial charge in [-0.05, 0) is 30.9 Å². The van der Waals surface area contributed by atoms with Crippen molar-refractivity contribution in [3.05, 3.63) is 35.4 Å². The largest absolute Gasteiger partial charge is 0.355 e. The molecule has 1 unspecified atom stereocenters. The average Bonchev–Trinajstić information content (AvgIpc) is 2.53. The molecule has 0 aliphatic carbocycles. The van der Waals surface area contributed by atoms with E-state index in [0.717, 1.165) is 24.0 Å².